The summed E-state index contributed by atoms with van der Waals surface area (Å²) in [5, 5.41) is 0. The van der Waals surface area contributed by atoms with E-state index in [1.807, 2.05) is 6.07 Å². The Labute approximate surface area is 128 Å². The van der Waals surface area contributed by atoms with Crippen LogP contribution in [0.25, 0.3) is 0 Å². The topological polar surface area (TPSA) is 34.1 Å². The van der Waals surface area contributed by atoms with Gasteiger partial charge in [0.15, 0.2) is 5.78 Å². The van der Waals surface area contributed by atoms with E-state index in [-0.39, 0.29) is 5.56 Å². The van der Waals surface area contributed by atoms with Crippen molar-refractivity contribution in [2.45, 2.75) is 52.1 Å². The summed E-state index contributed by atoms with van der Waals surface area (Å²) < 4.78 is 36.5. The highest BCUT2D eigenvalue weighted by Gasteiger charge is 2.39. The number of carbonyl (C=O) groups is 2. The Bertz CT molecular complexity index is 521. The van der Waals surface area contributed by atoms with Crippen LogP contribution in [0.2, 0.25) is 0 Å². The van der Waals surface area contributed by atoms with Gasteiger partial charge in [0, 0.05) is 5.56 Å². The van der Waals surface area contributed by atoms with E-state index in [4.69, 9.17) is 0 Å². The van der Waals surface area contributed by atoms with E-state index in [1.165, 1.54) is 6.07 Å². The van der Waals surface area contributed by atoms with E-state index in [0.717, 1.165) is 31.2 Å². The molecule has 0 saturated carbocycles. The number of hydrogen-bond donors (Lipinski definition) is 0. The average molecular weight is 314 g/mol. The SMILES string of the molecule is CCC(C)CCCc1cccc(C(=O)CC(=O)C(F)(F)F)c1. The number of carbonyl (C=O) groups excluding carboxylic acids is 2. The Morgan fingerprint density at radius 2 is 1.91 bits per heavy atom. The van der Waals surface area contributed by atoms with Crippen molar-refractivity contribution in [1.82, 2.24) is 0 Å². The molecule has 0 aliphatic heterocycles. The van der Waals surface area contributed by atoms with Crippen molar-refractivity contribution in [3.05, 3.63) is 35.4 Å². The zero-order valence-corrected chi connectivity index (χ0v) is 12.9. The molecule has 1 atom stereocenters. The Balaban J connectivity index is 2.63. The smallest absolute Gasteiger partial charge is 0.294 e. The number of rotatable bonds is 8. The normalized spacial score (nSPS) is 13.0. The maximum absolute atomic E-state index is 12.2. The molecule has 0 amide bonds. The second-order valence-corrected chi connectivity index (χ2v) is 5.63. The minimum Gasteiger partial charge on any atom is -0.294 e. The summed E-state index contributed by atoms with van der Waals surface area (Å²) in [6.45, 7) is 4.30. The van der Waals surface area contributed by atoms with Gasteiger partial charge in [-0.2, -0.15) is 13.2 Å². The van der Waals surface area contributed by atoms with Gasteiger partial charge in [0.1, 0.15) is 0 Å². The molecule has 0 bridgehead atoms. The zero-order chi connectivity index (χ0) is 16.8. The van der Waals surface area contributed by atoms with Crippen LogP contribution in [0, 0.1) is 5.92 Å². The van der Waals surface area contributed by atoms with E-state index in [2.05, 4.69) is 13.8 Å². The number of aryl methyl sites for hydroxylation is 1. The van der Waals surface area contributed by atoms with Crippen molar-refractivity contribution in [3.63, 3.8) is 0 Å². The molecule has 0 radical (unpaired) electrons. The van der Waals surface area contributed by atoms with Crippen LogP contribution in [-0.2, 0) is 11.2 Å². The Morgan fingerprint density at radius 1 is 1.23 bits per heavy atom. The van der Waals surface area contributed by atoms with Gasteiger partial charge >= 0.3 is 6.18 Å². The second kappa shape index (κ2) is 8.11. The molecule has 122 valence electrons. The van der Waals surface area contributed by atoms with E-state index in [9.17, 15) is 22.8 Å². The molecule has 2 nitrogen and oxygen atoms in total. The van der Waals surface area contributed by atoms with Crippen molar-refractivity contribution < 1.29 is 22.8 Å². The molecule has 1 rings (SSSR count). The Hall–Kier alpha value is -1.65. The predicted molar refractivity (Wildman–Crippen MR) is 78.8 cm³/mol. The highest BCUT2D eigenvalue weighted by molar-refractivity contribution is 6.09. The number of benzene rings is 1. The highest BCUT2D eigenvalue weighted by atomic mass is 19.4. The summed E-state index contributed by atoms with van der Waals surface area (Å²) in [5.74, 6) is -2.15. The number of hydrogen-bond acceptors (Lipinski definition) is 2. The van der Waals surface area contributed by atoms with Crippen LogP contribution in [0.4, 0.5) is 13.2 Å². The van der Waals surface area contributed by atoms with E-state index in [1.54, 1.807) is 12.1 Å². The molecule has 0 spiro atoms. The summed E-state index contributed by atoms with van der Waals surface area (Å²) in [4.78, 5) is 22.6. The molecule has 1 unspecified atom stereocenters. The zero-order valence-electron chi connectivity index (χ0n) is 12.9. The average Bonchev–Trinajstić information content (AvgIpc) is 2.46. The van der Waals surface area contributed by atoms with Gasteiger partial charge in [0.05, 0.1) is 6.42 Å². The standard InChI is InChI=1S/C17H21F3O2/c1-3-12(2)6-4-7-13-8-5-9-14(10-13)15(21)11-16(22)17(18,19)20/h5,8-10,12H,3-4,6-7,11H2,1-2H3. The number of alkyl halides is 3. The number of ketones is 2. The molecule has 5 heteroatoms. The first-order valence-electron chi connectivity index (χ1n) is 7.46. The first-order chi connectivity index (χ1) is 10.2. The molecule has 0 aromatic heterocycles. The molecule has 1 aromatic rings. The van der Waals surface area contributed by atoms with Crippen LogP contribution in [0.3, 0.4) is 0 Å². The summed E-state index contributed by atoms with van der Waals surface area (Å²) in [5.41, 5.74) is 1.08. The molecular weight excluding hydrogens is 293 g/mol. The van der Waals surface area contributed by atoms with Gasteiger partial charge in [-0.05, 0) is 30.4 Å². The minimum atomic E-state index is -4.95. The lowest BCUT2D eigenvalue weighted by Gasteiger charge is -2.09. The van der Waals surface area contributed by atoms with E-state index in [0.29, 0.717) is 5.92 Å². The van der Waals surface area contributed by atoms with Crippen LogP contribution in [0.15, 0.2) is 24.3 Å². The van der Waals surface area contributed by atoms with Crippen molar-refractivity contribution in [1.29, 1.82) is 0 Å². The molecule has 0 aliphatic rings. The molecule has 0 saturated heterocycles. The first kappa shape index (κ1) is 18.4. The van der Waals surface area contributed by atoms with Crippen LogP contribution >= 0.6 is 0 Å². The lowest BCUT2D eigenvalue weighted by Crippen LogP contribution is -2.25. The maximum Gasteiger partial charge on any atom is 0.450 e. The summed E-state index contributed by atoms with van der Waals surface area (Å²) in [7, 11) is 0. The van der Waals surface area contributed by atoms with Crippen molar-refractivity contribution in [2.75, 3.05) is 0 Å². The van der Waals surface area contributed by atoms with Crippen LogP contribution in [0.1, 0.15) is 55.5 Å². The fourth-order valence-electron chi connectivity index (χ4n) is 2.11. The third kappa shape index (κ3) is 6.00. The highest BCUT2D eigenvalue weighted by Crippen LogP contribution is 2.20. The van der Waals surface area contributed by atoms with Gasteiger partial charge in [-0.3, -0.25) is 9.59 Å². The minimum absolute atomic E-state index is 0.165. The van der Waals surface area contributed by atoms with Crippen molar-refractivity contribution in [3.8, 4) is 0 Å². The van der Waals surface area contributed by atoms with E-state index >= 15 is 0 Å². The molecule has 0 fully saturated rings. The fraction of sp³-hybridized carbons (Fsp3) is 0.529. The Morgan fingerprint density at radius 3 is 2.50 bits per heavy atom. The monoisotopic (exact) mass is 314 g/mol. The lowest BCUT2D eigenvalue weighted by atomic mass is 9.97. The van der Waals surface area contributed by atoms with Gasteiger partial charge in [0.2, 0.25) is 5.78 Å². The van der Waals surface area contributed by atoms with Gasteiger partial charge in [-0.25, -0.2) is 0 Å². The lowest BCUT2D eigenvalue weighted by molar-refractivity contribution is -0.170. The van der Waals surface area contributed by atoms with Gasteiger partial charge < -0.3 is 0 Å². The third-order valence-electron chi connectivity index (χ3n) is 3.75. The Kier molecular flexibility index (Phi) is 6.78. The molecule has 0 N–H and O–H groups in total. The third-order valence-corrected chi connectivity index (χ3v) is 3.75. The van der Waals surface area contributed by atoms with Crippen LogP contribution < -0.4 is 0 Å². The van der Waals surface area contributed by atoms with Gasteiger partial charge in [-0.15, -0.1) is 0 Å². The van der Waals surface area contributed by atoms with Gasteiger partial charge in [0.25, 0.3) is 0 Å². The van der Waals surface area contributed by atoms with Gasteiger partial charge in [-0.1, -0.05) is 44.9 Å². The van der Waals surface area contributed by atoms with Crippen LogP contribution in [-0.4, -0.2) is 17.7 Å². The summed E-state index contributed by atoms with van der Waals surface area (Å²) in [6, 6.07) is 6.52. The molecule has 0 aliphatic carbocycles. The fourth-order valence-corrected chi connectivity index (χ4v) is 2.11. The molecule has 22 heavy (non-hydrogen) atoms. The molecular formula is C17H21F3O2. The number of halogens is 3. The number of Topliss-reactive ketones (excluding diaryl/α,β-unsaturated/α-hetero) is 2. The van der Waals surface area contributed by atoms with Crippen LogP contribution in [0.5, 0.6) is 0 Å². The first-order valence-corrected chi connectivity index (χ1v) is 7.46. The summed E-state index contributed by atoms with van der Waals surface area (Å²) >= 11 is 0. The van der Waals surface area contributed by atoms with Crippen molar-refractivity contribution in [2.24, 2.45) is 5.92 Å². The largest absolute Gasteiger partial charge is 0.450 e. The quantitative estimate of drug-likeness (QED) is 0.512. The van der Waals surface area contributed by atoms with E-state index < -0.39 is 24.2 Å². The molecule has 1 aromatic carbocycles. The van der Waals surface area contributed by atoms with Crippen molar-refractivity contribution >= 4 is 11.6 Å². The predicted octanol–water partition coefficient (Wildman–Crippen LogP) is 4.76. The molecule has 0 heterocycles. The maximum atomic E-state index is 12.2. The second-order valence-electron chi connectivity index (χ2n) is 5.63. The summed E-state index contributed by atoms with van der Waals surface area (Å²) in [6.07, 6.45) is -2.16.